The van der Waals surface area contributed by atoms with Crippen molar-refractivity contribution in [3.8, 4) is 11.5 Å². The number of nitrogens with zero attached hydrogens (tertiary/aromatic N) is 1. The number of carbonyl (C=O) groups excluding carboxylic acids is 1. The predicted molar refractivity (Wildman–Crippen MR) is 90.3 cm³/mol. The van der Waals surface area contributed by atoms with Crippen molar-refractivity contribution < 1.29 is 14.3 Å². The van der Waals surface area contributed by atoms with Crippen molar-refractivity contribution in [2.45, 2.75) is 20.8 Å². The second kappa shape index (κ2) is 8.93. The Morgan fingerprint density at radius 3 is 2.59 bits per heavy atom. The minimum absolute atomic E-state index is 0.0284. The fraction of sp³-hybridized carbons (Fsp3) is 0.389. The molecule has 0 aromatic heterocycles. The largest absolute Gasteiger partial charge is 0.493 e. The number of methoxy groups -OCH3 is 1. The van der Waals surface area contributed by atoms with Crippen molar-refractivity contribution in [3.63, 3.8) is 0 Å². The van der Waals surface area contributed by atoms with Crippen LogP contribution in [0.3, 0.4) is 0 Å². The van der Waals surface area contributed by atoms with Crippen molar-refractivity contribution >= 4 is 12.0 Å². The lowest BCUT2D eigenvalue weighted by atomic mass is 10.2. The first kappa shape index (κ1) is 17.8. The van der Waals surface area contributed by atoms with Crippen LogP contribution in [0, 0.1) is 0 Å². The van der Waals surface area contributed by atoms with Crippen LogP contribution in [-0.2, 0) is 4.79 Å². The summed E-state index contributed by atoms with van der Waals surface area (Å²) in [7, 11) is 1.60. The van der Waals surface area contributed by atoms with Gasteiger partial charge in [-0.25, -0.2) is 0 Å². The van der Waals surface area contributed by atoms with Crippen molar-refractivity contribution in [2.75, 3.05) is 26.8 Å². The molecular formula is C18H25NO3. The molecule has 0 fully saturated rings. The van der Waals surface area contributed by atoms with Crippen LogP contribution in [0.1, 0.15) is 26.3 Å². The molecule has 0 atom stereocenters. The third-order valence-electron chi connectivity index (χ3n) is 3.06. The number of hydrogen-bond acceptors (Lipinski definition) is 3. The Morgan fingerprint density at radius 1 is 1.32 bits per heavy atom. The molecule has 4 nitrogen and oxygen atoms in total. The van der Waals surface area contributed by atoms with E-state index in [-0.39, 0.29) is 5.91 Å². The maximum absolute atomic E-state index is 12.2. The van der Waals surface area contributed by atoms with Crippen LogP contribution < -0.4 is 9.47 Å². The fourth-order valence-corrected chi connectivity index (χ4v) is 2.01. The minimum atomic E-state index is -0.0284. The van der Waals surface area contributed by atoms with Gasteiger partial charge in [0.15, 0.2) is 11.5 Å². The Morgan fingerprint density at radius 2 is 2.05 bits per heavy atom. The first-order valence-corrected chi connectivity index (χ1v) is 7.44. The summed E-state index contributed by atoms with van der Waals surface area (Å²) in [5, 5.41) is 0. The van der Waals surface area contributed by atoms with Crippen LogP contribution in [-0.4, -0.2) is 37.6 Å². The highest BCUT2D eigenvalue weighted by Gasteiger charge is 2.08. The van der Waals surface area contributed by atoms with E-state index in [2.05, 4.69) is 6.58 Å². The second-order valence-electron chi connectivity index (χ2n) is 4.99. The molecule has 0 aliphatic rings. The molecule has 1 amide bonds. The summed E-state index contributed by atoms with van der Waals surface area (Å²) in [5.74, 6) is 1.33. The van der Waals surface area contributed by atoms with E-state index in [1.807, 2.05) is 39.0 Å². The summed E-state index contributed by atoms with van der Waals surface area (Å²) in [6.45, 7) is 11.4. The SMILES string of the molecule is C=C(C)CN(CC)C(=O)C=Cc1ccc(OC)c(OCC)c1. The standard InChI is InChI=1S/C18H25NO3/c1-6-19(13-14(3)4)18(20)11-9-15-8-10-16(21-5)17(12-15)22-7-2/h8-12H,3,6-7,13H2,1-2,4-5H3. The molecule has 120 valence electrons. The fourth-order valence-electron chi connectivity index (χ4n) is 2.01. The summed E-state index contributed by atoms with van der Waals surface area (Å²) >= 11 is 0. The van der Waals surface area contributed by atoms with E-state index in [9.17, 15) is 4.79 Å². The van der Waals surface area contributed by atoms with E-state index < -0.39 is 0 Å². The maximum Gasteiger partial charge on any atom is 0.246 e. The van der Waals surface area contributed by atoms with Gasteiger partial charge in [0.1, 0.15) is 0 Å². The summed E-state index contributed by atoms with van der Waals surface area (Å²) in [4.78, 5) is 13.9. The van der Waals surface area contributed by atoms with Gasteiger partial charge < -0.3 is 14.4 Å². The molecule has 0 saturated carbocycles. The lowest BCUT2D eigenvalue weighted by Crippen LogP contribution is -2.30. The molecule has 0 saturated heterocycles. The van der Waals surface area contributed by atoms with Crippen molar-refractivity contribution in [3.05, 3.63) is 42.0 Å². The zero-order valence-electron chi connectivity index (χ0n) is 13.9. The van der Waals surface area contributed by atoms with Gasteiger partial charge in [0.05, 0.1) is 13.7 Å². The van der Waals surface area contributed by atoms with Crippen LogP contribution in [0.4, 0.5) is 0 Å². The summed E-state index contributed by atoms with van der Waals surface area (Å²) < 4.78 is 10.8. The molecular weight excluding hydrogens is 278 g/mol. The third kappa shape index (κ3) is 5.28. The molecule has 1 aromatic rings. The molecule has 0 radical (unpaired) electrons. The van der Waals surface area contributed by atoms with Crippen molar-refractivity contribution in [2.24, 2.45) is 0 Å². The van der Waals surface area contributed by atoms with E-state index in [1.165, 1.54) is 0 Å². The Labute approximate surface area is 133 Å². The van der Waals surface area contributed by atoms with Gasteiger partial charge in [-0.05, 0) is 44.5 Å². The average molecular weight is 303 g/mol. The van der Waals surface area contributed by atoms with E-state index in [1.54, 1.807) is 24.2 Å². The smallest absolute Gasteiger partial charge is 0.246 e. The van der Waals surface area contributed by atoms with E-state index in [0.29, 0.717) is 31.2 Å². The monoisotopic (exact) mass is 303 g/mol. The van der Waals surface area contributed by atoms with Gasteiger partial charge in [-0.2, -0.15) is 0 Å². The van der Waals surface area contributed by atoms with Crippen LogP contribution >= 0.6 is 0 Å². The molecule has 0 unspecified atom stereocenters. The zero-order chi connectivity index (χ0) is 16.5. The van der Waals surface area contributed by atoms with Gasteiger partial charge in [0.2, 0.25) is 5.91 Å². The highest BCUT2D eigenvalue weighted by atomic mass is 16.5. The molecule has 4 heteroatoms. The van der Waals surface area contributed by atoms with Crippen LogP contribution in [0.2, 0.25) is 0 Å². The molecule has 1 rings (SSSR count). The molecule has 0 N–H and O–H groups in total. The molecule has 0 spiro atoms. The quantitative estimate of drug-likeness (QED) is 0.545. The lowest BCUT2D eigenvalue weighted by molar-refractivity contribution is -0.125. The number of benzene rings is 1. The van der Waals surface area contributed by atoms with Gasteiger partial charge in [-0.15, -0.1) is 0 Å². The predicted octanol–water partition coefficient (Wildman–Crippen LogP) is 3.53. The Hall–Kier alpha value is -2.23. The summed E-state index contributed by atoms with van der Waals surface area (Å²) in [6, 6.07) is 5.59. The van der Waals surface area contributed by atoms with Crippen molar-refractivity contribution in [1.29, 1.82) is 0 Å². The first-order valence-electron chi connectivity index (χ1n) is 7.44. The number of hydrogen-bond donors (Lipinski definition) is 0. The molecule has 0 aliphatic carbocycles. The number of rotatable bonds is 8. The van der Waals surface area contributed by atoms with Gasteiger partial charge in [0.25, 0.3) is 0 Å². The lowest BCUT2D eigenvalue weighted by Gasteiger charge is -2.18. The van der Waals surface area contributed by atoms with Gasteiger partial charge in [-0.1, -0.05) is 18.2 Å². The van der Waals surface area contributed by atoms with Gasteiger partial charge in [-0.3, -0.25) is 4.79 Å². The number of carbonyl (C=O) groups is 1. The highest BCUT2D eigenvalue weighted by Crippen LogP contribution is 2.28. The van der Waals surface area contributed by atoms with Crippen LogP contribution in [0.15, 0.2) is 36.4 Å². The molecule has 1 aromatic carbocycles. The number of amides is 1. The number of likely N-dealkylation sites (N-methyl/N-ethyl adjacent to an activating group) is 1. The normalized spacial score (nSPS) is 10.5. The molecule has 0 aliphatic heterocycles. The second-order valence-corrected chi connectivity index (χ2v) is 4.99. The Bertz CT molecular complexity index is 549. The molecule has 0 bridgehead atoms. The average Bonchev–Trinajstić information content (AvgIpc) is 2.50. The number of ether oxygens (including phenoxy) is 2. The highest BCUT2D eigenvalue weighted by molar-refractivity contribution is 5.92. The summed E-state index contributed by atoms with van der Waals surface area (Å²) in [6.07, 6.45) is 3.36. The molecule has 22 heavy (non-hydrogen) atoms. The van der Waals surface area contributed by atoms with E-state index in [0.717, 1.165) is 11.1 Å². The van der Waals surface area contributed by atoms with Gasteiger partial charge >= 0.3 is 0 Å². The van der Waals surface area contributed by atoms with Crippen LogP contribution in [0.5, 0.6) is 11.5 Å². The van der Waals surface area contributed by atoms with Crippen molar-refractivity contribution in [1.82, 2.24) is 4.90 Å². The minimum Gasteiger partial charge on any atom is -0.493 e. The van der Waals surface area contributed by atoms with Gasteiger partial charge in [0, 0.05) is 19.2 Å². The van der Waals surface area contributed by atoms with E-state index in [4.69, 9.17) is 9.47 Å². The topological polar surface area (TPSA) is 38.8 Å². The zero-order valence-corrected chi connectivity index (χ0v) is 13.9. The van der Waals surface area contributed by atoms with E-state index >= 15 is 0 Å². The van der Waals surface area contributed by atoms with Crippen LogP contribution in [0.25, 0.3) is 6.08 Å². The maximum atomic E-state index is 12.2. The Balaban J connectivity index is 2.86. The first-order chi connectivity index (χ1) is 10.5. The summed E-state index contributed by atoms with van der Waals surface area (Å²) in [5.41, 5.74) is 1.86. The Kier molecular flexibility index (Phi) is 7.23. The molecule has 0 heterocycles. The third-order valence-corrected chi connectivity index (χ3v) is 3.06.